The molecule has 0 spiro atoms. The van der Waals surface area contributed by atoms with Gasteiger partial charge in [0.2, 0.25) is 8.32 Å². The van der Waals surface area contributed by atoms with Crippen LogP contribution in [0.4, 0.5) is 0 Å². The molecular weight excluding hydrogens is 294 g/mol. The van der Waals surface area contributed by atoms with Crippen LogP contribution in [0.1, 0.15) is 31.9 Å². The van der Waals surface area contributed by atoms with Crippen molar-refractivity contribution < 1.29 is 14.0 Å². The number of benzene rings is 1. The lowest BCUT2D eigenvalue weighted by Crippen LogP contribution is -2.44. The average Bonchev–Trinajstić information content (AvgIpc) is 2.44. The lowest BCUT2D eigenvalue weighted by Gasteiger charge is -2.36. The molecule has 1 aliphatic heterocycles. The van der Waals surface area contributed by atoms with Gasteiger partial charge >= 0.3 is 5.97 Å². The number of rotatable bonds is 3. The van der Waals surface area contributed by atoms with E-state index in [9.17, 15) is 4.79 Å². The second-order valence-corrected chi connectivity index (χ2v) is 12.2. The van der Waals surface area contributed by atoms with Crippen LogP contribution in [-0.2, 0) is 22.5 Å². The molecule has 0 unspecified atom stereocenters. The highest BCUT2D eigenvalue weighted by Gasteiger charge is 2.39. The quantitative estimate of drug-likeness (QED) is 0.686. The van der Waals surface area contributed by atoms with Gasteiger partial charge in [0.25, 0.3) is 0 Å². The van der Waals surface area contributed by atoms with Gasteiger partial charge in [0.15, 0.2) is 0 Å². The van der Waals surface area contributed by atoms with E-state index in [2.05, 4.69) is 51.3 Å². The van der Waals surface area contributed by atoms with Gasteiger partial charge in [0.1, 0.15) is 11.8 Å². The minimum absolute atomic E-state index is 0.178. The zero-order valence-electron chi connectivity index (χ0n) is 14.4. The highest BCUT2D eigenvalue weighted by molar-refractivity contribution is 6.74. The first kappa shape index (κ1) is 17.0. The summed E-state index contributed by atoms with van der Waals surface area (Å²) in [7, 11) is -0.396. The van der Waals surface area contributed by atoms with E-state index < -0.39 is 8.32 Å². The van der Waals surface area contributed by atoms with Crippen molar-refractivity contribution in [1.29, 1.82) is 0 Å². The summed E-state index contributed by atoms with van der Waals surface area (Å²) in [6.07, 6.45) is 0.669. The molecule has 1 aromatic rings. The molecule has 0 radical (unpaired) electrons. The van der Waals surface area contributed by atoms with Gasteiger partial charge in [-0.05, 0) is 47.8 Å². The first-order valence-electron chi connectivity index (χ1n) is 7.76. The number of esters is 1. The van der Waals surface area contributed by atoms with Crippen LogP contribution in [0.5, 0.6) is 5.75 Å². The molecule has 0 saturated heterocycles. The number of hydrogen-bond donors (Lipinski definition) is 1. The molecule has 2 rings (SSSR count). The van der Waals surface area contributed by atoms with Gasteiger partial charge in [-0.2, -0.15) is 0 Å². The summed E-state index contributed by atoms with van der Waals surface area (Å²) in [5.74, 6) is 0.732. The van der Waals surface area contributed by atoms with Crippen LogP contribution in [0, 0.1) is 0 Å². The van der Waals surface area contributed by atoms with Crippen molar-refractivity contribution in [3.8, 4) is 5.75 Å². The summed E-state index contributed by atoms with van der Waals surface area (Å²) in [4.78, 5) is 11.6. The Morgan fingerprint density at radius 2 is 1.95 bits per heavy atom. The molecule has 1 heterocycles. The lowest BCUT2D eigenvalue weighted by molar-refractivity contribution is -0.143. The smallest absolute Gasteiger partial charge is 0.323 e. The number of fused-ring (bicyclic) bond motifs is 1. The summed E-state index contributed by atoms with van der Waals surface area (Å²) >= 11 is 0. The van der Waals surface area contributed by atoms with Crippen molar-refractivity contribution in [1.82, 2.24) is 5.32 Å². The van der Waals surface area contributed by atoms with Crippen molar-refractivity contribution >= 4 is 14.3 Å². The Balaban J connectivity index is 2.16. The van der Waals surface area contributed by atoms with E-state index in [4.69, 9.17) is 9.16 Å². The maximum absolute atomic E-state index is 11.6. The summed E-state index contributed by atoms with van der Waals surface area (Å²) in [5, 5.41) is 3.41. The van der Waals surface area contributed by atoms with Crippen molar-refractivity contribution in [2.45, 2.75) is 57.9 Å². The first-order chi connectivity index (χ1) is 10.1. The number of methoxy groups -OCH3 is 1. The molecule has 0 amide bonds. The fraction of sp³-hybridized carbons (Fsp3) is 0.588. The molecule has 0 saturated carbocycles. The summed E-state index contributed by atoms with van der Waals surface area (Å²) in [6.45, 7) is 11.9. The molecular formula is C17H27NO3Si. The third kappa shape index (κ3) is 3.52. The monoisotopic (exact) mass is 321 g/mol. The molecule has 22 heavy (non-hydrogen) atoms. The van der Waals surface area contributed by atoms with Crippen molar-refractivity contribution in [3.05, 3.63) is 29.3 Å². The zero-order valence-corrected chi connectivity index (χ0v) is 15.4. The fourth-order valence-corrected chi connectivity index (χ4v) is 3.33. The van der Waals surface area contributed by atoms with E-state index in [-0.39, 0.29) is 17.0 Å². The minimum atomic E-state index is -1.82. The zero-order chi connectivity index (χ0) is 16.5. The Kier molecular flexibility index (Phi) is 4.68. The SMILES string of the molecule is COC(=O)[C@@H]1Cc2ccc(O[Si](C)(C)C(C)(C)C)cc2CN1. The largest absolute Gasteiger partial charge is 0.543 e. The van der Waals surface area contributed by atoms with Crippen LogP contribution in [0.25, 0.3) is 0 Å². The van der Waals surface area contributed by atoms with Crippen LogP contribution < -0.4 is 9.74 Å². The molecule has 1 N–H and O–H groups in total. The molecule has 0 fully saturated rings. The van der Waals surface area contributed by atoms with E-state index in [1.54, 1.807) is 0 Å². The molecule has 0 aliphatic carbocycles. The van der Waals surface area contributed by atoms with Gasteiger partial charge in [-0.15, -0.1) is 0 Å². The maximum atomic E-state index is 11.6. The predicted octanol–water partition coefficient (Wildman–Crippen LogP) is 3.26. The number of ether oxygens (including phenoxy) is 1. The summed E-state index contributed by atoms with van der Waals surface area (Å²) in [5.41, 5.74) is 2.40. The van der Waals surface area contributed by atoms with Crippen molar-refractivity contribution in [2.75, 3.05) is 7.11 Å². The highest BCUT2D eigenvalue weighted by Crippen LogP contribution is 2.37. The molecule has 5 heteroatoms. The number of hydrogen-bond acceptors (Lipinski definition) is 4. The minimum Gasteiger partial charge on any atom is -0.543 e. The van der Waals surface area contributed by atoms with E-state index in [1.807, 2.05) is 6.07 Å². The van der Waals surface area contributed by atoms with Gasteiger partial charge in [0, 0.05) is 6.54 Å². The number of nitrogens with one attached hydrogen (secondary N) is 1. The normalized spacial score (nSPS) is 18.5. The Hall–Kier alpha value is -1.33. The molecule has 1 atom stereocenters. The van der Waals surface area contributed by atoms with E-state index >= 15 is 0 Å². The molecule has 0 bridgehead atoms. The standard InChI is InChI=1S/C17H27NO3Si/c1-17(2,3)22(5,6)21-14-8-7-12-10-15(16(19)20-4)18-11-13(12)9-14/h7-9,15,18H,10-11H2,1-6H3/t15-/m0/s1. The average molecular weight is 321 g/mol. The van der Waals surface area contributed by atoms with Gasteiger partial charge < -0.3 is 14.5 Å². The summed E-state index contributed by atoms with van der Waals surface area (Å²) < 4.78 is 11.2. The molecule has 1 aliphatic rings. The second-order valence-electron chi connectivity index (χ2n) is 7.45. The lowest BCUT2D eigenvalue weighted by atomic mass is 9.96. The van der Waals surface area contributed by atoms with Crippen LogP contribution in [0.2, 0.25) is 18.1 Å². The molecule has 0 aromatic heterocycles. The third-order valence-electron chi connectivity index (χ3n) is 4.81. The number of carbonyl (C=O) groups is 1. The van der Waals surface area contributed by atoms with Crippen molar-refractivity contribution in [3.63, 3.8) is 0 Å². The Morgan fingerprint density at radius 1 is 1.27 bits per heavy atom. The third-order valence-corrected chi connectivity index (χ3v) is 9.16. The molecule has 122 valence electrons. The van der Waals surface area contributed by atoms with E-state index in [1.165, 1.54) is 18.2 Å². The van der Waals surface area contributed by atoms with Gasteiger partial charge in [0.05, 0.1) is 7.11 Å². The van der Waals surface area contributed by atoms with Gasteiger partial charge in [-0.25, -0.2) is 0 Å². The molecule has 4 nitrogen and oxygen atoms in total. The second kappa shape index (κ2) is 6.05. The van der Waals surface area contributed by atoms with Crippen LogP contribution >= 0.6 is 0 Å². The molecule has 1 aromatic carbocycles. The Morgan fingerprint density at radius 3 is 2.55 bits per heavy atom. The van der Waals surface area contributed by atoms with Crippen molar-refractivity contribution in [2.24, 2.45) is 0 Å². The predicted molar refractivity (Wildman–Crippen MR) is 90.6 cm³/mol. The number of carbonyl (C=O) groups excluding carboxylic acids is 1. The van der Waals surface area contributed by atoms with Gasteiger partial charge in [-0.3, -0.25) is 4.79 Å². The first-order valence-corrected chi connectivity index (χ1v) is 10.7. The van der Waals surface area contributed by atoms with E-state index in [0.717, 1.165) is 5.75 Å². The van der Waals surface area contributed by atoms with Crippen LogP contribution in [0.15, 0.2) is 18.2 Å². The highest BCUT2D eigenvalue weighted by atomic mass is 28.4. The Labute approximate surface area is 134 Å². The topological polar surface area (TPSA) is 47.6 Å². The van der Waals surface area contributed by atoms with E-state index in [0.29, 0.717) is 13.0 Å². The van der Waals surface area contributed by atoms with Gasteiger partial charge in [-0.1, -0.05) is 26.8 Å². The Bertz CT molecular complexity index is 564. The fourth-order valence-electron chi connectivity index (χ4n) is 2.31. The maximum Gasteiger partial charge on any atom is 0.323 e. The van der Waals surface area contributed by atoms with Crippen LogP contribution in [0.3, 0.4) is 0 Å². The van der Waals surface area contributed by atoms with Crippen LogP contribution in [-0.4, -0.2) is 27.4 Å². The summed E-state index contributed by atoms with van der Waals surface area (Å²) in [6, 6.07) is 5.97.